The average Bonchev–Trinajstić information content (AvgIpc) is 2.79. The second-order valence-electron chi connectivity index (χ2n) is 7.48. The highest BCUT2D eigenvalue weighted by atomic mass is 16.2. The summed E-state index contributed by atoms with van der Waals surface area (Å²) in [5.74, 6) is 0.688. The van der Waals surface area contributed by atoms with Crippen LogP contribution < -0.4 is 0 Å². The van der Waals surface area contributed by atoms with E-state index >= 15 is 0 Å². The fraction of sp³-hybridized carbons (Fsp3) is 0.280. The zero-order chi connectivity index (χ0) is 22.2. The topological polar surface area (TPSA) is 60.6 Å². The number of fused-ring (bicyclic) bond motifs is 1. The van der Waals surface area contributed by atoms with Crippen LogP contribution in [0.5, 0.6) is 0 Å². The number of benzene rings is 2. The first-order chi connectivity index (χ1) is 15.0. The monoisotopic (exact) mass is 415 g/mol. The van der Waals surface area contributed by atoms with Gasteiger partial charge in [-0.25, -0.2) is 4.99 Å². The Morgan fingerprint density at radius 1 is 1.13 bits per heavy atom. The van der Waals surface area contributed by atoms with Gasteiger partial charge in [0.05, 0.1) is 6.54 Å². The Kier molecular flexibility index (Phi) is 7.49. The van der Waals surface area contributed by atoms with Crippen molar-refractivity contribution in [3.8, 4) is 0 Å². The first-order valence-electron chi connectivity index (χ1n) is 10.4. The molecule has 0 atom stereocenters. The van der Waals surface area contributed by atoms with Crippen molar-refractivity contribution in [3.05, 3.63) is 72.3 Å². The van der Waals surface area contributed by atoms with E-state index in [2.05, 4.69) is 76.4 Å². The lowest BCUT2D eigenvalue weighted by molar-refractivity contribution is -0.127. The highest BCUT2D eigenvalue weighted by Gasteiger charge is 2.22. The van der Waals surface area contributed by atoms with Crippen LogP contribution >= 0.6 is 0 Å². The van der Waals surface area contributed by atoms with Crippen molar-refractivity contribution < 1.29 is 4.79 Å². The van der Waals surface area contributed by atoms with Gasteiger partial charge in [-0.05, 0) is 29.3 Å². The minimum Gasteiger partial charge on any atom is -0.352 e. The Hall–Kier alpha value is -3.54. The molecule has 0 radical (unpaired) electrons. The third-order valence-electron chi connectivity index (χ3n) is 5.25. The minimum absolute atomic E-state index is 0.0426. The summed E-state index contributed by atoms with van der Waals surface area (Å²) in [6.45, 7) is 13.0. The van der Waals surface area contributed by atoms with Gasteiger partial charge < -0.3 is 9.80 Å². The molecule has 2 aromatic rings. The molecule has 1 aliphatic heterocycles. The van der Waals surface area contributed by atoms with Crippen LogP contribution in [0.3, 0.4) is 0 Å². The van der Waals surface area contributed by atoms with Gasteiger partial charge in [0, 0.05) is 45.0 Å². The molecule has 6 heteroatoms. The van der Waals surface area contributed by atoms with Crippen LogP contribution in [0.1, 0.15) is 11.1 Å². The summed E-state index contributed by atoms with van der Waals surface area (Å²) in [6.07, 6.45) is 4.65. The molecule has 160 valence electrons. The Labute approximate surface area is 184 Å². The van der Waals surface area contributed by atoms with Gasteiger partial charge in [0.2, 0.25) is 5.91 Å². The SMILES string of the molecule is C=CC(=O)N1CCN(C(=NC=NC)C(=C)C=NCc2cc(C)cc3ccccc23)CC1. The third kappa shape index (κ3) is 5.54. The Bertz CT molecular complexity index is 1060. The van der Waals surface area contributed by atoms with Crippen molar-refractivity contribution in [2.45, 2.75) is 13.5 Å². The summed E-state index contributed by atoms with van der Waals surface area (Å²) in [7, 11) is 1.68. The van der Waals surface area contributed by atoms with E-state index in [0.717, 1.165) is 11.4 Å². The van der Waals surface area contributed by atoms with E-state index in [1.165, 1.54) is 34.3 Å². The lowest BCUT2D eigenvalue weighted by atomic mass is 10.0. The van der Waals surface area contributed by atoms with Gasteiger partial charge in [-0.3, -0.25) is 14.8 Å². The number of rotatable bonds is 6. The van der Waals surface area contributed by atoms with Crippen molar-refractivity contribution >= 4 is 35.1 Å². The summed E-state index contributed by atoms with van der Waals surface area (Å²) < 4.78 is 0. The number of piperazine rings is 1. The van der Waals surface area contributed by atoms with Crippen LogP contribution in [0.4, 0.5) is 0 Å². The molecular formula is C25H29N5O. The molecule has 0 unspecified atom stereocenters. The normalized spacial score (nSPS) is 15.2. The fourth-order valence-corrected chi connectivity index (χ4v) is 3.75. The van der Waals surface area contributed by atoms with Gasteiger partial charge in [-0.2, -0.15) is 0 Å². The maximum Gasteiger partial charge on any atom is 0.246 e. The van der Waals surface area contributed by atoms with E-state index in [1.54, 1.807) is 18.2 Å². The van der Waals surface area contributed by atoms with Gasteiger partial charge >= 0.3 is 0 Å². The zero-order valence-electron chi connectivity index (χ0n) is 18.3. The number of hydrogen-bond acceptors (Lipinski definition) is 3. The molecule has 1 fully saturated rings. The predicted molar refractivity (Wildman–Crippen MR) is 130 cm³/mol. The van der Waals surface area contributed by atoms with Crippen molar-refractivity contribution in [1.29, 1.82) is 0 Å². The molecule has 0 aliphatic carbocycles. The minimum atomic E-state index is -0.0426. The number of aliphatic imine (C=N–C) groups is 3. The number of aryl methyl sites for hydroxylation is 1. The smallest absolute Gasteiger partial charge is 0.246 e. The highest BCUT2D eigenvalue weighted by Crippen LogP contribution is 2.21. The average molecular weight is 416 g/mol. The second-order valence-corrected chi connectivity index (χ2v) is 7.48. The van der Waals surface area contributed by atoms with E-state index in [0.29, 0.717) is 32.7 Å². The largest absolute Gasteiger partial charge is 0.352 e. The lowest BCUT2D eigenvalue weighted by Crippen LogP contribution is -2.50. The maximum absolute atomic E-state index is 11.8. The van der Waals surface area contributed by atoms with Gasteiger partial charge in [0.15, 0.2) is 0 Å². The number of carbonyl (C=O) groups excluding carboxylic acids is 1. The summed E-state index contributed by atoms with van der Waals surface area (Å²) in [5.41, 5.74) is 3.13. The quantitative estimate of drug-likeness (QED) is 0.411. The molecule has 2 aromatic carbocycles. The van der Waals surface area contributed by atoms with E-state index in [-0.39, 0.29) is 5.91 Å². The summed E-state index contributed by atoms with van der Waals surface area (Å²) in [5, 5.41) is 2.44. The van der Waals surface area contributed by atoms with Crippen molar-refractivity contribution in [3.63, 3.8) is 0 Å². The lowest BCUT2D eigenvalue weighted by Gasteiger charge is -2.36. The van der Waals surface area contributed by atoms with Crippen LogP contribution in [0.2, 0.25) is 0 Å². The standard InChI is InChI=1S/C25H29N5O/c1-5-24(31)29-10-12-30(13-11-29)25(28-18-26-4)20(3)16-27-17-22-15-19(2)14-21-8-6-7-9-23(21)22/h5-9,14-16,18H,1,3,10-13,17H2,2,4H3. The second kappa shape index (κ2) is 10.5. The Balaban J connectivity index is 1.73. The van der Waals surface area contributed by atoms with E-state index in [9.17, 15) is 4.79 Å². The molecule has 0 aromatic heterocycles. The molecule has 0 N–H and O–H groups in total. The first kappa shape index (κ1) is 22.2. The fourth-order valence-electron chi connectivity index (χ4n) is 3.75. The third-order valence-corrected chi connectivity index (χ3v) is 5.25. The van der Waals surface area contributed by atoms with Crippen LogP contribution in [0.25, 0.3) is 10.8 Å². The molecular weight excluding hydrogens is 386 g/mol. The molecule has 1 amide bonds. The van der Waals surface area contributed by atoms with Crippen molar-refractivity contribution in [1.82, 2.24) is 9.80 Å². The maximum atomic E-state index is 11.8. The van der Waals surface area contributed by atoms with Crippen molar-refractivity contribution in [2.75, 3.05) is 33.2 Å². The van der Waals surface area contributed by atoms with Crippen molar-refractivity contribution in [2.24, 2.45) is 15.0 Å². The summed E-state index contributed by atoms with van der Waals surface area (Å²) in [4.78, 5) is 28.9. The Morgan fingerprint density at radius 2 is 1.84 bits per heavy atom. The molecule has 1 saturated heterocycles. The molecule has 3 rings (SSSR count). The molecule has 0 bridgehead atoms. The van der Waals surface area contributed by atoms with Crippen LogP contribution in [-0.4, -0.2) is 67.3 Å². The number of amidine groups is 1. The van der Waals surface area contributed by atoms with Crippen LogP contribution in [-0.2, 0) is 11.3 Å². The highest BCUT2D eigenvalue weighted by molar-refractivity contribution is 6.16. The summed E-state index contributed by atoms with van der Waals surface area (Å²) in [6, 6.07) is 12.7. The number of hydrogen-bond donors (Lipinski definition) is 0. The molecule has 1 heterocycles. The molecule has 0 spiro atoms. The molecule has 31 heavy (non-hydrogen) atoms. The number of carbonyl (C=O) groups is 1. The number of nitrogens with zero attached hydrogens (tertiary/aromatic N) is 5. The summed E-state index contributed by atoms with van der Waals surface area (Å²) >= 11 is 0. The molecule has 6 nitrogen and oxygen atoms in total. The van der Waals surface area contributed by atoms with Gasteiger partial charge in [0.25, 0.3) is 0 Å². The van der Waals surface area contributed by atoms with E-state index < -0.39 is 0 Å². The number of amides is 1. The van der Waals surface area contributed by atoms with E-state index in [4.69, 9.17) is 0 Å². The van der Waals surface area contributed by atoms with E-state index in [1.807, 2.05) is 0 Å². The van der Waals surface area contributed by atoms with Crippen LogP contribution in [0, 0.1) is 6.92 Å². The zero-order valence-corrected chi connectivity index (χ0v) is 18.3. The molecule has 1 aliphatic rings. The van der Waals surface area contributed by atoms with Crippen LogP contribution in [0.15, 0.2) is 76.2 Å². The molecule has 0 saturated carbocycles. The van der Waals surface area contributed by atoms with Gasteiger partial charge in [-0.15, -0.1) is 0 Å². The first-order valence-corrected chi connectivity index (χ1v) is 10.4. The predicted octanol–water partition coefficient (Wildman–Crippen LogP) is 3.66. The van der Waals surface area contributed by atoms with Gasteiger partial charge in [0.1, 0.15) is 12.2 Å². The Morgan fingerprint density at radius 3 is 2.55 bits per heavy atom. The van der Waals surface area contributed by atoms with Gasteiger partial charge in [-0.1, -0.05) is 55.1 Å².